The largest absolute Gasteiger partial charge is 0.444 e. The molecule has 3 aliphatic heterocycles. The molecule has 3 aliphatic rings. The highest BCUT2D eigenvalue weighted by Gasteiger charge is 2.45. The average Bonchev–Trinajstić information content (AvgIpc) is 3.06. The van der Waals surface area contributed by atoms with Crippen LogP contribution in [0, 0.1) is 0 Å². The maximum atomic E-state index is 12.9. The molecule has 0 N–H and O–H groups in total. The molecular weight excluding hydrogens is 490 g/mol. The Balaban J connectivity index is 1.41. The van der Waals surface area contributed by atoms with Crippen LogP contribution in [0.1, 0.15) is 56.2 Å². The molecule has 3 heterocycles. The van der Waals surface area contributed by atoms with E-state index in [4.69, 9.17) is 9.73 Å². The van der Waals surface area contributed by atoms with Gasteiger partial charge in [0.25, 0.3) is 0 Å². The number of benzene rings is 3. The van der Waals surface area contributed by atoms with Crippen LogP contribution < -0.4 is 4.90 Å². The van der Waals surface area contributed by atoms with Crippen LogP contribution in [0.25, 0.3) is 0 Å². The topological polar surface area (TPSA) is 45.1 Å². The molecule has 0 aliphatic carbocycles. The summed E-state index contributed by atoms with van der Waals surface area (Å²) in [6, 6.07) is 25.8. The van der Waals surface area contributed by atoms with Gasteiger partial charge in [0.2, 0.25) is 0 Å². The number of piperidine rings is 1. The van der Waals surface area contributed by atoms with Crippen molar-refractivity contribution in [3.8, 4) is 0 Å². The summed E-state index contributed by atoms with van der Waals surface area (Å²) in [6.45, 7) is 8.29. The first-order valence-corrected chi connectivity index (χ1v) is 14.6. The fraction of sp³-hybridized carbons (Fsp3) is 0.375. The second-order valence-electron chi connectivity index (χ2n) is 11.3. The lowest BCUT2D eigenvalue weighted by Gasteiger charge is -2.39. The van der Waals surface area contributed by atoms with Gasteiger partial charge in [0.15, 0.2) is 0 Å². The molecule has 0 saturated carbocycles. The summed E-state index contributed by atoms with van der Waals surface area (Å²) < 4.78 is 5.72. The number of carbonyl (C=O) groups is 1. The minimum atomic E-state index is -0.486. The number of rotatable bonds is 3. The van der Waals surface area contributed by atoms with Gasteiger partial charge in [0.05, 0.1) is 22.0 Å². The summed E-state index contributed by atoms with van der Waals surface area (Å²) in [5.74, 6) is 1.38. The highest BCUT2D eigenvalue weighted by atomic mass is 32.2. The Bertz CT molecular complexity index is 1310. The van der Waals surface area contributed by atoms with Crippen LogP contribution in [-0.2, 0) is 4.74 Å². The van der Waals surface area contributed by atoms with Crippen molar-refractivity contribution < 1.29 is 9.53 Å². The summed E-state index contributed by atoms with van der Waals surface area (Å²) in [6.07, 6.45) is 1.90. The first kappa shape index (κ1) is 25.1. The van der Waals surface area contributed by atoms with E-state index in [9.17, 15) is 4.79 Å². The molecule has 0 bridgehead atoms. The Morgan fingerprint density at radius 1 is 0.947 bits per heavy atom. The van der Waals surface area contributed by atoms with E-state index in [0.717, 1.165) is 54.2 Å². The summed E-state index contributed by atoms with van der Waals surface area (Å²) in [5, 5.41) is 0. The van der Waals surface area contributed by atoms with E-state index in [1.54, 1.807) is 0 Å². The van der Waals surface area contributed by atoms with Crippen molar-refractivity contribution in [3.63, 3.8) is 0 Å². The Morgan fingerprint density at radius 2 is 1.63 bits per heavy atom. The molecule has 1 amide bonds. The fourth-order valence-electron chi connectivity index (χ4n) is 5.97. The van der Waals surface area contributed by atoms with E-state index in [-0.39, 0.29) is 6.09 Å². The third-order valence-electron chi connectivity index (χ3n) is 7.57. The number of ether oxygens (including phenoxy) is 1. The molecule has 0 spiro atoms. The highest BCUT2D eigenvalue weighted by Crippen LogP contribution is 2.53. The Labute approximate surface area is 229 Å². The molecule has 196 valence electrons. The molecular formula is C32H35N3O2S. The summed E-state index contributed by atoms with van der Waals surface area (Å²) >= 11 is 1.93. The van der Waals surface area contributed by atoms with Crippen molar-refractivity contribution in [1.82, 2.24) is 4.90 Å². The summed E-state index contributed by atoms with van der Waals surface area (Å²) in [7, 11) is 0. The fourth-order valence-corrected chi connectivity index (χ4v) is 7.08. The van der Waals surface area contributed by atoms with Gasteiger partial charge in [-0.15, -0.1) is 11.8 Å². The van der Waals surface area contributed by atoms with E-state index in [0.29, 0.717) is 18.5 Å². The molecule has 2 atom stereocenters. The van der Waals surface area contributed by atoms with Gasteiger partial charge in [0.1, 0.15) is 5.60 Å². The van der Waals surface area contributed by atoms with Crippen LogP contribution in [-0.4, -0.2) is 53.7 Å². The number of aliphatic imine (C=N–C) groups is 1. The van der Waals surface area contributed by atoms with E-state index in [1.807, 2.05) is 49.6 Å². The zero-order valence-corrected chi connectivity index (χ0v) is 23.2. The Hall–Kier alpha value is -3.25. The van der Waals surface area contributed by atoms with Crippen LogP contribution in [0.5, 0.6) is 0 Å². The smallest absolute Gasteiger partial charge is 0.410 e. The maximum absolute atomic E-state index is 12.9. The molecule has 0 unspecified atom stereocenters. The number of hydrogen-bond donors (Lipinski definition) is 0. The van der Waals surface area contributed by atoms with Crippen molar-refractivity contribution in [2.24, 2.45) is 4.99 Å². The number of nitrogens with zero attached hydrogens (tertiary/aromatic N) is 3. The van der Waals surface area contributed by atoms with E-state index in [2.05, 4.69) is 65.6 Å². The van der Waals surface area contributed by atoms with Gasteiger partial charge in [-0.05, 0) is 51.0 Å². The second-order valence-corrected chi connectivity index (χ2v) is 12.4. The van der Waals surface area contributed by atoms with Crippen LogP contribution >= 0.6 is 11.8 Å². The molecule has 1 saturated heterocycles. The van der Waals surface area contributed by atoms with E-state index in [1.165, 1.54) is 16.1 Å². The maximum Gasteiger partial charge on any atom is 0.410 e. The first-order chi connectivity index (χ1) is 18.4. The monoisotopic (exact) mass is 525 g/mol. The number of thioether (sulfide) groups is 1. The average molecular weight is 526 g/mol. The van der Waals surface area contributed by atoms with Gasteiger partial charge in [-0.1, -0.05) is 66.7 Å². The lowest BCUT2D eigenvalue weighted by atomic mass is 9.89. The van der Waals surface area contributed by atoms with Crippen molar-refractivity contribution >= 4 is 34.9 Å². The van der Waals surface area contributed by atoms with Crippen LogP contribution in [0.3, 0.4) is 0 Å². The molecule has 38 heavy (non-hydrogen) atoms. The van der Waals surface area contributed by atoms with Gasteiger partial charge in [0, 0.05) is 42.7 Å². The van der Waals surface area contributed by atoms with E-state index < -0.39 is 5.60 Å². The lowest BCUT2D eigenvalue weighted by molar-refractivity contribution is 0.0189. The number of fused-ring (bicyclic) bond motifs is 3. The van der Waals surface area contributed by atoms with Crippen LogP contribution in [0.4, 0.5) is 16.2 Å². The minimum Gasteiger partial charge on any atom is -0.444 e. The third kappa shape index (κ3) is 4.82. The Kier molecular flexibility index (Phi) is 6.68. The summed E-state index contributed by atoms with van der Waals surface area (Å²) in [5.41, 5.74) is 6.46. The van der Waals surface area contributed by atoms with Crippen LogP contribution in [0.2, 0.25) is 0 Å². The standard InChI is InChI=1S/C32H35N3O2S/c1-32(2,3)37-31(36)34-19-17-27-25(21-34)24-15-16-26(30-29(24)35(27)18-10-20-38-30)33-28(22-11-6-4-7-12-22)23-13-8-5-9-14-23/h4-9,11-16,25,27H,10,17-21H2,1-3H3/t25-,27-/m0/s1. The molecule has 0 radical (unpaired) electrons. The first-order valence-electron chi connectivity index (χ1n) is 13.6. The molecule has 1 fully saturated rings. The molecule has 5 nitrogen and oxygen atoms in total. The van der Waals surface area contributed by atoms with Gasteiger partial charge < -0.3 is 14.5 Å². The lowest BCUT2D eigenvalue weighted by Crippen LogP contribution is -2.49. The van der Waals surface area contributed by atoms with Crippen molar-refractivity contribution in [1.29, 1.82) is 0 Å². The molecule has 3 aromatic carbocycles. The highest BCUT2D eigenvalue weighted by molar-refractivity contribution is 7.99. The Morgan fingerprint density at radius 3 is 2.29 bits per heavy atom. The minimum absolute atomic E-state index is 0.200. The summed E-state index contributed by atoms with van der Waals surface area (Å²) in [4.78, 5) is 24.1. The van der Waals surface area contributed by atoms with Gasteiger partial charge in [-0.2, -0.15) is 0 Å². The number of likely N-dealkylation sites (tertiary alicyclic amines) is 1. The van der Waals surface area contributed by atoms with Gasteiger partial charge in [-0.25, -0.2) is 9.79 Å². The second kappa shape index (κ2) is 10.1. The normalized spacial score (nSPS) is 20.3. The van der Waals surface area contributed by atoms with Gasteiger partial charge >= 0.3 is 6.09 Å². The van der Waals surface area contributed by atoms with Crippen molar-refractivity contribution in [2.75, 3.05) is 30.3 Å². The molecule has 6 rings (SSSR count). The number of anilines is 1. The number of hydrogen-bond acceptors (Lipinski definition) is 5. The molecule has 3 aromatic rings. The zero-order chi connectivity index (χ0) is 26.3. The number of carbonyl (C=O) groups excluding carboxylic acids is 1. The number of amides is 1. The van der Waals surface area contributed by atoms with Gasteiger partial charge in [-0.3, -0.25) is 0 Å². The predicted octanol–water partition coefficient (Wildman–Crippen LogP) is 7.26. The quantitative estimate of drug-likeness (QED) is 0.338. The van der Waals surface area contributed by atoms with E-state index >= 15 is 0 Å². The third-order valence-corrected chi connectivity index (χ3v) is 8.76. The SMILES string of the molecule is CC(C)(C)OC(=O)N1CC[C@H]2[C@@H](C1)c1ccc(N=C(c3ccccc3)c3ccccc3)c3c1N2CCCS3. The molecule has 0 aromatic heterocycles. The van der Waals surface area contributed by atoms with Crippen molar-refractivity contribution in [2.45, 2.75) is 56.1 Å². The molecule has 6 heteroatoms. The van der Waals surface area contributed by atoms with Crippen molar-refractivity contribution in [3.05, 3.63) is 89.5 Å². The zero-order valence-electron chi connectivity index (χ0n) is 22.4. The predicted molar refractivity (Wildman–Crippen MR) is 156 cm³/mol. The van der Waals surface area contributed by atoms with Crippen LogP contribution in [0.15, 0.2) is 82.7 Å².